The van der Waals surface area contributed by atoms with Crippen molar-refractivity contribution in [3.05, 3.63) is 28.8 Å². The van der Waals surface area contributed by atoms with Crippen molar-refractivity contribution in [2.45, 2.75) is 13.0 Å². The standard InChI is InChI=1S/C10H13ClN2O2/c1-6-7(11)3-2-4-8(6)13-10(15)9(14)5-12/h2-4,9,14H,5,12H2,1H3,(H,13,15). The van der Waals surface area contributed by atoms with E-state index in [0.29, 0.717) is 10.7 Å². The van der Waals surface area contributed by atoms with E-state index < -0.39 is 12.0 Å². The Hall–Kier alpha value is -1.10. The number of hydrogen-bond acceptors (Lipinski definition) is 3. The van der Waals surface area contributed by atoms with Crippen molar-refractivity contribution >= 4 is 23.2 Å². The second-order valence-electron chi connectivity index (χ2n) is 3.15. The van der Waals surface area contributed by atoms with Crippen LogP contribution < -0.4 is 11.1 Å². The number of carbonyl (C=O) groups excluding carboxylic acids is 1. The Bertz CT molecular complexity index is 368. The molecule has 0 saturated heterocycles. The van der Waals surface area contributed by atoms with E-state index in [4.69, 9.17) is 17.3 Å². The van der Waals surface area contributed by atoms with Crippen molar-refractivity contribution in [1.29, 1.82) is 0 Å². The van der Waals surface area contributed by atoms with Gasteiger partial charge in [0.15, 0.2) is 0 Å². The van der Waals surface area contributed by atoms with Crippen LogP contribution in [0.15, 0.2) is 18.2 Å². The van der Waals surface area contributed by atoms with Gasteiger partial charge in [-0.2, -0.15) is 0 Å². The first-order valence-corrected chi connectivity index (χ1v) is 4.88. The molecule has 0 heterocycles. The van der Waals surface area contributed by atoms with Gasteiger partial charge in [-0.3, -0.25) is 4.79 Å². The van der Waals surface area contributed by atoms with Crippen LogP contribution in [0.25, 0.3) is 0 Å². The highest BCUT2D eigenvalue weighted by Crippen LogP contribution is 2.22. The van der Waals surface area contributed by atoms with Gasteiger partial charge in [0.1, 0.15) is 6.10 Å². The van der Waals surface area contributed by atoms with Gasteiger partial charge in [0.05, 0.1) is 0 Å². The predicted octanol–water partition coefficient (Wildman–Crippen LogP) is 0.907. The first-order chi connectivity index (χ1) is 7.06. The third kappa shape index (κ3) is 2.92. The van der Waals surface area contributed by atoms with E-state index in [9.17, 15) is 9.90 Å². The molecule has 0 spiro atoms. The number of aliphatic hydroxyl groups excluding tert-OH is 1. The number of benzene rings is 1. The Morgan fingerprint density at radius 3 is 2.93 bits per heavy atom. The number of nitrogens with two attached hydrogens (primary N) is 1. The molecule has 0 aromatic heterocycles. The lowest BCUT2D eigenvalue weighted by Crippen LogP contribution is -2.34. The van der Waals surface area contributed by atoms with Gasteiger partial charge < -0.3 is 16.2 Å². The second kappa shape index (κ2) is 5.11. The summed E-state index contributed by atoms with van der Waals surface area (Å²) in [6.45, 7) is 1.68. The molecule has 0 aliphatic heterocycles. The number of halogens is 1. The van der Waals surface area contributed by atoms with Gasteiger partial charge in [0.2, 0.25) is 0 Å². The summed E-state index contributed by atoms with van der Waals surface area (Å²) in [4.78, 5) is 11.3. The SMILES string of the molecule is Cc1c(Cl)cccc1NC(=O)C(O)CN. The number of nitrogens with one attached hydrogen (secondary N) is 1. The highest BCUT2D eigenvalue weighted by atomic mass is 35.5. The molecule has 82 valence electrons. The maximum Gasteiger partial charge on any atom is 0.254 e. The van der Waals surface area contributed by atoms with E-state index in [2.05, 4.69) is 5.32 Å². The molecule has 5 heteroatoms. The van der Waals surface area contributed by atoms with Gasteiger partial charge in [0, 0.05) is 17.3 Å². The topological polar surface area (TPSA) is 75.3 Å². The fraction of sp³-hybridized carbons (Fsp3) is 0.300. The summed E-state index contributed by atoms with van der Waals surface area (Å²) >= 11 is 5.87. The van der Waals surface area contributed by atoms with Crippen molar-refractivity contribution in [1.82, 2.24) is 0 Å². The normalized spacial score (nSPS) is 12.3. The Morgan fingerprint density at radius 2 is 2.33 bits per heavy atom. The average molecular weight is 229 g/mol. The van der Waals surface area contributed by atoms with E-state index in [1.54, 1.807) is 25.1 Å². The number of rotatable bonds is 3. The van der Waals surface area contributed by atoms with Crippen molar-refractivity contribution in [2.75, 3.05) is 11.9 Å². The lowest BCUT2D eigenvalue weighted by molar-refractivity contribution is -0.123. The van der Waals surface area contributed by atoms with Crippen LogP contribution in [0.3, 0.4) is 0 Å². The van der Waals surface area contributed by atoms with E-state index in [-0.39, 0.29) is 6.54 Å². The van der Waals surface area contributed by atoms with Gasteiger partial charge in [-0.25, -0.2) is 0 Å². The van der Waals surface area contributed by atoms with Crippen molar-refractivity contribution in [3.63, 3.8) is 0 Å². The smallest absolute Gasteiger partial charge is 0.254 e. The zero-order chi connectivity index (χ0) is 11.4. The van der Waals surface area contributed by atoms with Crippen LogP contribution >= 0.6 is 11.6 Å². The molecule has 15 heavy (non-hydrogen) atoms. The summed E-state index contributed by atoms with van der Waals surface area (Å²) in [7, 11) is 0. The minimum atomic E-state index is -1.19. The zero-order valence-corrected chi connectivity index (χ0v) is 9.08. The molecule has 1 aromatic rings. The van der Waals surface area contributed by atoms with Crippen LogP contribution in [0.2, 0.25) is 5.02 Å². The summed E-state index contributed by atoms with van der Waals surface area (Å²) in [6, 6.07) is 5.16. The molecule has 0 aliphatic carbocycles. The maximum atomic E-state index is 11.3. The first-order valence-electron chi connectivity index (χ1n) is 4.50. The molecule has 0 bridgehead atoms. The molecule has 1 rings (SSSR count). The summed E-state index contributed by atoms with van der Waals surface area (Å²) in [6.07, 6.45) is -1.19. The fourth-order valence-corrected chi connectivity index (χ4v) is 1.24. The zero-order valence-electron chi connectivity index (χ0n) is 8.33. The highest BCUT2D eigenvalue weighted by Gasteiger charge is 2.14. The van der Waals surface area contributed by atoms with Gasteiger partial charge in [-0.05, 0) is 24.6 Å². The lowest BCUT2D eigenvalue weighted by Gasteiger charge is -2.11. The van der Waals surface area contributed by atoms with Crippen LogP contribution in [-0.4, -0.2) is 23.7 Å². The number of hydrogen-bond donors (Lipinski definition) is 3. The first kappa shape index (κ1) is 12.0. The number of amides is 1. The Labute approximate surface area is 93.0 Å². The van der Waals surface area contributed by atoms with E-state index in [1.165, 1.54) is 0 Å². The Balaban J connectivity index is 2.81. The number of aliphatic hydroxyl groups is 1. The van der Waals surface area contributed by atoms with E-state index in [0.717, 1.165) is 5.56 Å². The molecule has 1 aromatic carbocycles. The largest absolute Gasteiger partial charge is 0.382 e. The van der Waals surface area contributed by atoms with Crippen molar-refractivity contribution in [3.8, 4) is 0 Å². The summed E-state index contributed by atoms with van der Waals surface area (Å²) in [5, 5.41) is 12.3. The molecule has 1 unspecified atom stereocenters. The molecule has 4 nitrogen and oxygen atoms in total. The summed E-state index contributed by atoms with van der Waals surface area (Å²) in [5.41, 5.74) is 6.50. The number of anilines is 1. The van der Waals surface area contributed by atoms with Crippen molar-refractivity contribution in [2.24, 2.45) is 5.73 Å². The van der Waals surface area contributed by atoms with Gasteiger partial charge >= 0.3 is 0 Å². The molecule has 0 fully saturated rings. The maximum absolute atomic E-state index is 11.3. The molecule has 0 aliphatic rings. The molecular weight excluding hydrogens is 216 g/mol. The molecule has 0 radical (unpaired) electrons. The second-order valence-corrected chi connectivity index (χ2v) is 3.56. The Kier molecular flexibility index (Phi) is 4.08. The molecule has 1 atom stereocenters. The van der Waals surface area contributed by atoms with Gasteiger partial charge in [-0.15, -0.1) is 0 Å². The van der Waals surface area contributed by atoms with E-state index >= 15 is 0 Å². The minimum Gasteiger partial charge on any atom is -0.382 e. The third-order valence-corrected chi connectivity index (χ3v) is 2.46. The van der Waals surface area contributed by atoms with E-state index in [1.807, 2.05) is 0 Å². The van der Waals surface area contributed by atoms with Crippen LogP contribution in [0, 0.1) is 6.92 Å². The van der Waals surface area contributed by atoms with Crippen LogP contribution in [0.5, 0.6) is 0 Å². The average Bonchev–Trinajstić information content (AvgIpc) is 2.23. The molecule has 4 N–H and O–H groups in total. The molecule has 0 saturated carbocycles. The minimum absolute atomic E-state index is 0.106. The van der Waals surface area contributed by atoms with Crippen LogP contribution in [0.4, 0.5) is 5.69 Å². The summed E-state index contributed by atoms with van der Waals surface area (Å²) < 4.78 is 0. The predicted molar refractivity (Wildman–Crippen MR) is 59.9 cm³/mol. The number of carbonyl (C=O) groups is 1. The van der Waals surface area contributed by atoms with Crippen LogP contribution in [0.1, 0.15) is 5.56 Å². The van der Waals surface area contributed by atoms with Gasteiger partial charge in [0.25, 0.3) is 5.91 Å². The molecule has 1 amide bonds. The monoisotopic (exact) mass is 228 g/mol. The van der Waals surface area contributed by atoms with Crippen LogP contribution in [-0.2, 0) is 4.79 Å². The third-order valence-electron chi connectivity index (χ3n) is 2.05. The lowest BCUT2D eigenvalue weighted by atomic mass is 10.2. The summed E-state index contributed by atoms with van der Waals surface area (Å²) in [5.74, 6) is -0.525. The molecular formula is C10H13ClN2O2. The van der Waals surface area contributed by atoms with Crippen molar-refractivity contribution < 1.29 is 9.90 Å². The van der Waals surface area contributed by atoms with Gasteiger partial charge in [-0.1, -0.05) is 17.7 Å². The highest BCUT2D eigenvalue weighted by molar-refractivity contribution is 6.31. The Morgan fingerprint density at radius 1 is 1.67 bits per heavy atom. The fourth-order valence-electron chi connectivity index (χ4n) is 1.07. The quantitative estimate of drug-likeness (QED) is 0.720.